The summed E-state index contributed by atoms with van der Waals surface area (Å²) in [5.41, 5.74) is 0.659. The van der Waals surface area contributed by atoms with E-state index in [-0.39, 0.29) is 6.09 Å². The van der Waals surface area contributed by atoms with E-state index in [1.165, 1.54) is 0 Å². The Morgan fingerprint density at radius 2 is 1.94 bits per heavy atom. The van der Waals surface area contributed by atoms with Crippen LogP contribution in [0, 0.1) is 0 Å². The minimum Gasteiger partial charge on any atom is -0.410 e. The van der Waals surface area contributed by atoms with E-state index < -0.39 is 0 Å². The van der Waals surface area contributed by atoms with Crippen LogP contribution in [0.25, 0.3) is 0 Å². The molecule has 6 nitrogen and oxygen atoms in total. The second-order valence-electron chi connectivity index (χ2n) is 3.89. The van der Waals surface area contributed by atoms with Crippen molar-refractivity contribution in [1.82, 2.24) is 10.2 Å². The summed E-state index contributed by atoms with van der Waals surface area (Å²) >= 11 is 0. The van der Waals surface area contributed by atoms with Gasteiger partial charge in [-0.2, -0.15) is 0 Å². The Morgan fingerprint density at radius 3 is 2.56 bits per heavy atom. The number of benzene rings is 1. The van der Waals surface area contributed by atoms with Crippen LogP contribution in [0.5, 0.6) is 5.75 Å². The van der Waals surface area contributed by atoms with Gasteiger partial charge >= 0.3 is 6.09 Å². The monoisotopic (exact) mass is 249 g/mol. The highest BCUT2D eigenvalue weighted by Gasteiger charge is 2.17. The van der Waals surface area contributed by atoms with Crippen LogP contribution in [0.15, 0.2) is 24.3 Å². The van der Waals surface area contributed by atoms with Gasteiger partial charge in [-0.1, -0.05) is 0 Å². The van der Waals surface area contributed by atoms with Crippen LogP contribution in [0.3, 0.4) is 0 Å². The molecule has 2 rings (SSSR count). The van der Waals surface area contributed by atoms with Crippen LogP contribution in [-0.4, -0.2) is 43.6 Å². The average molecular weight is 249 g/mol. The Balaban J connectivity index is 1.91. The Hall–Kier alpha value is -2.08. The lowest BCUT2D eigenvalue weighted by Gasteiger charge is -2.26. The number of hydrogen-bond acceptors (Lipinski definition) is 4. The molecular weight excluding hydrogens is 234 g/mol. The van der Waals surface area contributed by atoms with Crippen molar-refractivity contribution in [3.63, 3.8) is 0 Å². The molecule has 1 fully saturated rings. The molecule has 0 atom stereocenters. The summed E-state index contributed by atoms with van der Waals surface area (Å²) in [4.78, 5) is 23.7. The minimum absolute atomic E-state index is 0.340. The molecule has 1 aromatic rings. The number of amides is 2. The van der Waals surface area contributed by atoms with E-state index in [9.17, 15) is 9.59 Å². The third-order valence-corrected chi connectivity index (χ3v) is 2.66. The van der Waals surface area contributed by atoms with Crippen molar-refractivity contribution in [2.45, 2.75) is 0 Å². The summed E-state index contributed by atoms with van der Waals surface area (Å²) in [5.74, 6) is 0.468. The van der Waals surface area contributed by atoms with E-state index >= 15 is 0 Å². The number of rotatable bonds is 3. The van der Waals surface area contributed by atoms with Gasteiger partial charge in [-0.25, -0.2) is 4.79 Å². The fourth-order valence-electron chi connectivity index (χ4n) is 1.70. The number of carbonyl (C=O) groups is 2. The van der Waals surface area contributed by atoms with Gasteiger partial charge in [0.05, 0.1) is 0 Å². The van der Waals surface area contributed by atoms with Gasteiger partial charge in [0.1, 0.15) is 5.75 Å². The predicted octanol–water partition coefficient (Wildman–Crippen LogP) is 0.659. The van der Waals surface area contributed by atoms with Gasteiger partial charge in [0.15, 0.2) is 0 Å². The molecule has 1 saturated heterocycles. The molecule has 1 aromatic carbocycles. The number of ether oxygens (including phenoxy) is 1. The molecule has 18 heavy (non-hydrogen) atoms. The summed E-state index contributed by atoms with van der Waals surface area (Å²) in [7, 11) is 0. The first-order valence-corrected chi connectivity index (χ1v) is 5.77. The van der Waals surface area contributed by atoms with E-state index in [2.05, 4.69) is 10.6 Å². The molecule has 0 unspecified atom stereocenters. The van der Waals surface area contributed by atoms with Gasteiger partial charge in [0.2, 0.25) is 6.41 Å². The van der Waals surface area contributed by atoms with Gasteiger partial charge in [0, 0.05) is 31.9 Å². The Morgan fingerprint density at radius 1 is 1.28 bits per heavy atom. The number of carbonyl (C=O) groups excluding carboxylic acids is 2. The van der Waals surface area contributed by atoms with E-state index in [1.807, 2.05) is 0 Å². The van der Waals surface area contributed by atoms with Gasteiger partial charge < -0.3 is 20.3 Å². The van der Waals surface area contributed by atoms with Gasteiger partial charge in [-0.05, 0) is 24.3 Å². The molecule has 0 spiro atoms. The number of hydrogen-bond donors (Lipinski definition) is 2. The van der Waals surface area contributed by atoms with Crippen LogP contribution in [0.4, 0.5) is 10.5 Å². The summed E-state index contributed by atoms with van der Waals surface area (Å²) in [6.45, 7) is 2.89. The molecule has 0 bridgehead atoms. The molecule has 0 aliphatic carbocycles. The molecule has 1 aliphatic rings. The first-order valence-electron chi connectivity index (χ1n) is 5.77. The number of anilines is 1. The Labute approximate surface area is 105 Å². The zero-order valence-corrected chi connectivity index (χ0v) is 9.89. The van der Waals surface area contributed by atoms with Gasteiger partial charge in [-0.3, -0.25) is 4.79 Å². The van der Waals surface area contributed by atoms with Crippen molar-refractivity contribution in [2.75, 3.05) is 31.5 Å². The van der Waals surface area contributed by atoms with Crippen LogP contribution in [0.2, 0.25) is 0 Å². The number of nitrogens with zero attached hydrogens (tertiary/aromatic N) is 1. The fourth-order valence-corrected chi connectivity index (χ4v) is 1.70. The van der Waals surface area contributed by atoms with Crippen molar-refractivity contribution in [2.24, 2.45) is 0 Å². The summed E-state index contributed by atoms with van der Waals surface area (Å²) in [6.07, 6.45) is 0.259. The average Bonchev–Trinajstić information content (AvgIpc) is 2.42. The lowest BCUT2D eigenvalue weighted by atomic mass is 10.3. The van der Waals surface area contributed by atoms with E-state index in [4.69, 9.17) is 4.74 Å². The quantitative estimate of drug-likeness (QED) is 0.772. The van der Waals surface area contributed by atoms with Crippen LogP contribution >= 0.6 is 0 Å². The molecule has 1 aliphatic heterocycles. The van der Waals surface area contributed by atoms with E-state index in [0.717, 1.165) is 13.1 Å². The summed E-state index contributed by atoms with van der Waals surface area (Å²) in [5, 5.41) is 5.68. The molecule has 2 N–H and O–H groups in total. The first kappa shape index (κ1) is 12.4. The maximum atomic E-state index is 11.8. The molecule has 6 heteroatoms. The lowest BCUT2D eigenvalue weighted by Crippen LogP contribution is -2.47. The SMILES string of the molecule is O=CNc1ccc(OC(=O)N2CCNCC2)cc1. The second-order valence-corrected chi connectivity index (χ2v) is 3.89. The molecular formula is C12H15N3O3. The molecule has 1 heterocycles. The van der Waals surface area contributed by atoms with E-state index in [1.54, 1.807) is 29.2 Å². The maximum Gasteiger partial charge on any atom is 0.415 e. The number of piperazine rings is 1. The maximum absolute atomic E-state index is 11.8. The third-order valence-electron chi connectivity index (χ3n) is 2.66. The third kappa shape index (κ3) is 3.21. The zero-order valence-electron chi connectivity index (χ0n) is 9.89. The van der Waals surface area contributed by atoms with Crippen molar-refractivity contribution in [1.29, 1.82) is 0 Å². The molecule has 96 valence electrons. The van der Waals surface area contributed by atoms with Crippen LogP contribution in [0.1, 0.15) is 0 Å². The van der Waals surface area contributed by atoms with Crippen molar-refractivity contribution in [3.8, 4) is 5.75 Å². The lowest BCUT2D eigenvalue weighted by molar-refractivity contribution is -0.105. The predicted molar refractivity (Wildman–Crippen MR) is 66.6 cm³/mol. The summed E-state index contributed by atoms with van der Waals surface area (Å²) < 4.78 is 5.23. The van der Waals surface area contributed by atoms with Crippen molar-refractivity contribution < 1.29 is 14.3 Å². The first-order chi connectivity index (χ1) is 8.79. The van der Waals surface area contributed by atoms with Crippen LogP contribution in [-0.2, 0) is 4.79 Å². The smallest absolute Gasteiger partial charge is 0.410 e. The molecule has 0 radical (unpaired) electrons. The highest BCUT2D eigenvalue weighted by atomic mass is 16.6. The second kappa shape index (κ2) is 6.02. The zero-order chi connectivity index (χ0) is 12.8. The highest BCUT2D eigenvalue weighted by Crippen LogP contribution is 2.16. The van der Waals surface area contributed by atoms with Gasteiger partial charge in [0.25, 0.3) is 0 Å². The fraction of sp³-hybridized carbons (Fsp3) is 0.333. The largest absolute Gasteiger partial charge is 0.415 e. The molecule has 2 amide bonds. The molecule has 0 saturated carbocycles. The van der Waals surface area contributed by atoms with E-state index in [0.29, 0.717) is 30.9 Å². The standard InChI is InChI=1S/C12H15N3O3/c16-9-14-10-1-3-11(4-2-10)18-12(17)15-7-5-13-6-8-15/h1-4,9,13H,5-8H2,(H,14,16). The van der Waals surface area contributed by atoms with Crippen molar-refractivity contribution >= 4 is 18.2 Å². The highest BCUT2D eigenvalue weighted by molar-refractivity contribution is 5.73. The molecule has 0 aromatic heterocycles. The topological polar surface area (TPSA) is 70.7 Å². The Bertz CT molecular complexity index is 413. The van der Waals surface area contributed by atoms with Crippen molar-refractivity contribution in [3.05, 3.63) is 24.3 Å². The van der Waals surface area contributed by atoms with Gasteiger partial charge in [-0.15, -0.1) is 0 Å². The minimum atomic E-state index is -0.340. The summed E-state index contributed by atoms with van der Waals surface area (Å²) in [6, 6.07) is 6.64. The Kier molecular flexibility index (Phi) is 4.14. The normalized spacial score (nSPS) is 15.0. The van der Waals surface area contributed by atoms with Crippen LogP contribution < -0.4 is 15.4 Å². The number of nitrogens with one attached hydrogen (secondary N) is 2.